The number of H-pyrrole nitrogens is 1. The number of pyridine rings is 1. The standard InChI is InChI=1S/C28H29N5O/c1-4-5-7-21(17-29)25-16-23-26(18-31-25)32-24-9-6-8-22(27(23)24)19-10-12-20(13-11-19)28(34)30-14-15-33(2)3/h4-13,16-18,32H,1,14-15,29H2,2-3H3,(H,30,34)/b7-5-,21-17+. The molecule has 2 heterocycles. The summed E-state index contributed by atoms with van der Waals surface area (Å²) in [5, 5.41) is 5.12. The first kappa shape index (κ1) is 23.0. The highest BCUT2D eigenvalue weighted by atomic mass is 16.1. The van der Waals surface area contributed by atoms with Crippen LogP contribution in [-0.4, -0.2) is 48.0 Å². The molecule has 0 bridgehead atoms. The molecular formula is C28H29N5O. The number of aromatic amines is 1. The fraction of sp³-hybridized carbons (Fsp3) is 0.143. The van der Waals surface area contributed by atoms with E-state index in [-0.39, 0.29) is 5.91 Å². The highest BCUT2D eigenvalue weighted by molar-refractivity contribution is 6.14. The molecule has 4 rings (SSSR count). The predicted molar refractivity (Wildman–Crippen MR) is 141 cm³/mol. The summed E-state index contributed by atoms with van der Waals surface area (Å²) in [5.41, 5.74) is 12.2. The molecule has 0 saturated heterocycles. The number of hydrogen-bond acceptors (Lipinski definition) is 4. The maximum Gasteiger partial charge on any atom is 0.251 e. The van der Waals surface area contributed by atoms with Gasteiger partial charge in [0.1, 0.15) is 0 Å². The average Bonchev–Trinajstić information content (AvgIpc) is 3.22. The minimum absolute atomic E-state index is 0.0666. The first-order valence-electron chi connectivity index (χ1n) is 11.2. The number of allylic oxidation sites excluding steroid dienone is 4. The molecule has 4 N–H and O–H groups in total. The largest absolute Gasteiger partial charge is 0.404 e. The molecule has 1 amide bonds. The van der Waals surface area contributed by atoms with Gasteiger partial charge in [0.05, 0.1) is 17.4 Å². The van der Waals surface area contributed by atoms with Crippen molar-refractivity contribution in [1.82, 2.24) is 20.2 Å². The number of benzene rings is 2. The molecule has 0 unspecified atom stereocenters. The fourth-order valence-electron chi connectivity index (χ4n) is 3.95. The zero-order valence-electron chi connectivity index (χ0n) is 19.5. The molecular weight excluding hydrogens is 422 g/mol. The van der Waals surface area contributed by atoms with Gasteiger partial charge in [-0.15, -0.1) is 0 Å². The molecule has 34 heavy (non-hydrogen) atoms. The van der Waals surface area contributed by atoms with Gasteiger partial charge < -0.3 is 20.9 Å². The number of amides is 1. The van der Waals surface area contributed by atoms with Gasteiger partial charge in [0, 0.05) is 46.7 Å². The van der Waals surface area contributed by atoms with E-state index in [2.05, 4.69) is 40.1 Å². The Balaban J connectivity index is 1.72. The second kappa shape index (κ2) is 10.2. The summed E-state index contributed by atoms with van der Waals surface area (Å²) in [6, 6.07) is 16.0. The van der Waals surface area contributed by atoms with Crippen LogP contribution in [0.1, 0.15) is 16.1 Å². The van der Waals surface area contributed by atoms with E-state index in [1.807, 2.05) is 67.7 Å². The molecule has 2 aromatic carbocycles. The van der Waals surface area contributed by atoms with E-state index >= 15 is 0 Å². The topological polar surface area (TPSA) is 87.0 Å². The molecule has 0 aliphatic carbocycles. The van der Waals surface area contributed by atoms with E-state index in [9.17, 15) is 4.79 Å². The number of carbonyl (C=O) groups is 1. The highest BCUT2D eigenvalue weighted by Gasteiger charge is 2.13. The number of rotatable bonds is 8. The van der Waals surface area contributed by atoms with Crippen LogP contribution in [0, 0.1) is 0 Å². The van der Waals surface area contributed by atoms with E-state index in [4.69, 9.17) is 5.73 Å². The van der Waals surface area contributed by atoms with Gasteiger partial charge in [-0.1, -0.05) is 49.1 Å². The van der Waals surface area contributed by atoms with Gasteiger partial charge in [-0.2, -0.15) is 0 Å². The third-order valence-corrected chi connectivity index (χ3v) is 5.70. The van der Waals surface area contributed by atoms with E-state index in [0.29, 0.717) is 12.1 Å². The lowest BCUT2D eigenvalue weighted by atomic mass is 9.98. The van der Waals surface area contributed by atoms with Crippen molar-refractivity contribution in [1.29, 1.82) is 0 Å². The van der Waals surface area contributed by atoms with Crippen LogP contribution in [0.4, 0.5) is 0 Å². The Morgan fingerprint density at radius 2 is 1.97 bits per heavy atom. The Bertz CT molecular complexity index is 1390. The van der Waals surface area contributed by atoms with Crippen molar-refractivity contribution in [2.24, 2.45) is 5.73 Å². The number of likely N-dealkylation sites (N-methyl/N-ethyl adjacent to an activating group) is 1. The summed E-state index contributed by atoms with van der Waals surface area (Å²) in [4.78, 5) is 22.5. The summed E-state index contributed by atoms with van der Waals surface area (Å²) >= 11 is 0. The number of aromatic nitrogens is 2. The average molecular weight is 452 g/mol. The van der Waals surface area contributed by atoms with Crippen LogP contribution in [0.15, 0.2) is 85.7 Å². The van der Waals surface area contributed by atoms with E-state index < -0.39 is 0 Å². The number of hydrogen-bond donors (Lipinski definition) is 3. The van der Waals surface area contributed by atoms with Gasteiger partial charge in [-0.05, 0) is 49.5 Å². The van der Waals surface area contributed by atoms with Crippen molar-refractivity contribution in [3.8, 4) is 11.1 Å². The number of nitrogens with one attached hydrogen (secondary N) is 2. The summed E-state index contributed by atoms with van der Waals surface area (Å²) in [5.74, 6) is -0.0666. The molecule has 0 fully saturated rings. The normalized spacial score (nSPS) is 12.1. The molecule has 172 valence electrons. The zero-order chi connectivity index (χ0) is 24.1. The molecule has 0 aliphatic rings. The van der Waals surface area contributed by atoms with E-state index in [1.165, 1.54) is 0 Å². The Morgan fingerprint density at radius 1 is 1.18 bits per heavy atom. The third kappa shape index (κ3) is 4.77. The second-order valence-electron chi connectivity index (χ2n) is 8.32. The number of nitrogens with zero attached hydrogens (tertiary/aromatic N) is 2. The Morgan fingerprint density at radius 3 is 2.68 bits per heavy atom. The van der Waals surface area contributed by atoms with E-state index in [0.717, 1.165) is 50.7 Å². The molecule has 0 saturated carbocycles. The Labute approximate surface area is 199 Å². The Hall–Kier alpha value is -4.16. The second-order valence-corrected chi connectivity index (χ2v) is 8.32. The molecule has 6 nitrogen and oxygen atoms in total. The SMILES string of the molecule is C=C/C=C\C(=C/N)c1cc2c(cn1)[nH]c1cccc(-c3ccc(C(=O)NCCN(C)C)cc3)c12. The maximum absolute atomic E-state index is 12.5. The van der Waals surface area contributed by atoms with Gasteiger partial charge in [0.25, 0.3) is 5.91 Å². The van der Waals surface area contributed by atoms with Gasteiger partial charge in [0.15, 0.2) is 0 Å². The third-order valence-electron chi connectivity index (χ3n) is 5.70. The minimum Gasteiger partial charge on any atom is -0.404 e. The molecule has 4 aromatic rings. The number of carbonyl (C=O) groups excluding carboxylic acids is 1. The predicted octanol–water partition coefficient (Wildman–Crippen LogP) is 4.72. The van der Waals surface area contributed by atoms with Crippen molar-refractivity contribution in [3.05, 3.63) is 97.0 Å². The lowest BCUT2D eigenvalue weighted by Gasteiger charge is -2.11. The van der Waals surface area contributed by atoms with Crippen LogP contribution >= 0.6 is 0 Å². The summed E-state index contributed by atoms with van der Waals surface area (Å²) in [6.07, 6.45) is 8.81. The van der Waals surface area contributed by atoms with Gasteiger partial charge in [-0.25, -0.2) is 0 Å². The van der Waals surface area contributed by atoms with Gasteiger partial charge in [0.2, 0.25) is 0 Å². The quantitative estimate of drug-likeness (QED) is 0.339. The molecule has 2 aromatic heterocycles. The molecule has 0 atom stereocenters. The van der Waals surface area contributed by atoms with Gasteiger partial charge >= 0.3 is 0 Å². The van der Waals surface area contributed by atoms with Crippen molar-refractivity contribution in [3.63, 3.8) is 0 Å². The minimum atomic E-state index is -0.0666. The van der Waals surface area contributed by atoms with Gasteiger partial charge in [-0.3, -0.25) is 9.78 Å². The van der Waals surface area contributed by atoms with Crippen LogP contribution in [0.2, 0.25) is 0 Å². The summed E-state index contributed by atoms with van der Waals surface area (Å²) in [6.45, 7) is 5.13. The smallest absolute Gasteiger partial charge is 0.251 e. The van der Waals surface area contributed by atoms with Crippen molar-refractivity contribution in [2.45, 2.75) is 0 Å². The fourth-order valence-corrected chi connectivity index (χ4v) is 3.95. The van der Waals surface area contributed by atoms with Crippen molar-refractivity contribution >= 4 is 33.3 Å². The van der Waals surface area contributed by atoms with Crippen molar-refractivity contribution < 1.29 is 4.79 Å². The highest BCUT2D eigenvalue weighted by Crippen LogP contribution is 2.35. The zero-order valence-corrected chi connectivity index (χ0v) is 19.5. The lowest BCUT2D eigenvalue weighted by Crippen LogP contribution is -2.31. The van der Waals surface area contributed by atoms with Crippen LogP contribution < -0.4 is 11.1 Å². The lowest BCUT2D eigenvalue weighted by molar-refractivity contribution is 0.0951. The first-order chi connectivity index (χ1) is 16.5. The summed E-state index contributed by atoms with van der Waals surface area (Å²) in [7, 11) is 3.97. The molecule has 0 aliphatic heterocycles. The molecule has 0 spiro atoms. The van der Waals surface area contributed by atoms with Crippen LogP contribution in [-0.2, 0) is 0 Å². The number of fused-ring (bicyclic) bond motifs is 3. The maximum atomic E-state index is 12.5. The molecule has 6 heteroatoms. The van der Waals surface area contributed by atoms with Crippen LogP contribution in [0.25, 0.3) is 38.5 Å². The van der Waals surface area contributed by atoms with Crippen LogP contribution in [0.5, 0.6) is 0 Å². The monoisotopic (exact) mass is 451 g/mol. The Kier molecular flexibility index (Phi) is 6.90. The van der Waals surface area contributed by atoms with Crippen LogP contribution in [0.3, 0.4) is 0 Å². The molecule has 0 radical (unpaired) electrons. The van der Waals surface area contributed by atoms with E-state index in [1.54, 1.807) is 12.3 Å². The van der Waals surface area contributed by atoms with Crippen molar-refractivity contribution in [2.75, 3.05) is 27.2 Å². The summed E-state index contributed by atoms with van der Waals surface area (Å²) < 4.78 is 0. The number of nitrogens with two attached hydrogens (primary N) is 1. The first-order valence-corrected chi connectivity index (χ1v) is 11.2.